The van der Waals surface area contributed by atoms with E-state index in [1.165, 1.54) is 0 Å². The van der Waals surface area contributed by atoms with Crippen molar-refractivity contribution in [3.8, 4) is 0 Å². The fourth-order valence-electron chi connectivity index (χ4n) is 1.61. The van der Waals surface area contributed by atoms with Gasteiger partial charge in [0.2, 0.25) is 5.91 Å². The van der Waals surface area contributed by atoms with E-state index in [1.807, 2.05) is 33.8 Å². The van der Waals surface area contributed by atoms with Gasteiger partial charge >= 0.3 is 0 Å². The van der Waals surface area contributed by atoms with Crippen LogP contribution in [0.2, 0.25) is 0 Å². The molecular weight excluding hydrogens is 254 g/mol. The maximum Gasteiger partial charge on any atom is 0.217 e. The van der Waals surface area contributed by atoms with Crippen LogP contribution in [0.3, 0.4) is 0 Å². The van der Waals surface area contributed by atoms with Crippen molar-refractivity contribution in [3.63, 3.8) is 0 Å². The molecule has 0 rings (SSSR count). The molecule has 0 aromatic heterocycles. The summed E-state index contributed by atoms with van der Waals surface area (Å²) in [7, 11) is 0. The van der Waals surface area contributed by atoms with Gasteiger partial charge in [-0.15, -0.1) is 0 Å². The van der Waals surface area contributed by atoms with Crippen LogP contribution in [0, 0.1) is 0 Å². The molecule has 0 fully saturated rings. The highest BCUT2D eigenvalue weighted by molar-refractivity contribution is 5.98. The van der Waals surface area contributed by atoms with Gasteiger partial charge in [-0.05, 0) is 46.3 Å². The second-order valence-electron chi connectivity index (χ2n) is 4.81. The normalized spacial score (nSPS) is 13.1. The average Bonchev–Trinajstić information content (AvgIpc) is 2.32. The Balaban J connectivity index is 4.69. The van der Waals surface area contributed by atoms with E-state index in [2.05, 4.69) is 0 Å². The minimum atomic E-state index is -0.379. The minimum absolute atomic E-state index is 0.00190. The first-order valence-electron chi connectivity index (χ1n) is 6.86. The van der Waals surface area contributed by atoms with Crippen LogP contribution in [0.4, 0.5) is 0 Å². The lowest BCUT2D eigenvalue weighted by Gasteiger charge is -2.08. The summed E-state index contributed by atoms with van der Waals surface area (Å²) < 4.78 is 5.49. The maximum absolute atomic E-state index is 12.0. The van der Waals surface area contributed by atoms with Gasteiger partial charge in [-0.25, -0.2) is 0 Å². The Bertz CT molecular complexity index is 417. The summed E-state index contributed by atoms with van der Waals surface area (Å²) >= 11 is 0. The third kappa shape index (κ3) is 9.14. The number of ketones is 1. The Morgan fingerprint density at radius 1 is 1.20 bits per heavy atom. The Kier molecular flexibility index (Phi) is 9.09. The Hall–Kier alpha value is -1.84. The van der Waals surface area contributed by atoms with Crippen LogP contribution in [-0.4, -0.2) is 17.8 Å². The number of Topliss-reactive ketones (excluding diaryl/α,β-unsaturated/α-hetero) is 1. The molecule has 0 aromatic carbocycles. The van der Waals surface area contributed by atoms with Crippen molar-refractivity contribution in [2.24, 2.45) is 5.73 Å². The van der Waals surface area contributed by atoms with E-state index in [0.29, 0.717) is 18.4 Å². The molecule has 0 saturated carbocycles. The zero-order chi connectivity index (χ0) is 15.5. The van der Waals surface area contributed by atoms with E-state index < -0.39 is 0 Å². The molecule has 0 unspecified atom stereocenters. The van der Waals surface area contributed by atoms with Gasteiger partial charge in [0.25, 0.3) is 0 Å². The molecule has 0 aliphatic heterocycles. The highest BCUT2D eigenvalue weighted by atomic mass is 16.5. The van der Waals surface area contributed by atoms with Crippen LogP contribution in [0.25, 0.3) is 0 Å². The molecule has 20 heavy (non-hydrogen) atoms. The molecule has 1 amide bonds. The molecule has 4 heteroatoms. The number of hydrogen-bond donors (Lipinski definition) is 1. The lowest BCUT2D eigenvalue weighted by atomic mass is 10.0. The molecule has 0 radical (unpaired) electrons. The smallest absolute Gasteiger partial charge is 0.217 e. The van der Waals surface area contributed by atoms with Crippen molar-refractivity contribution >= 4 is 11.7 Å². The summed E-state index contributed by atoms with van der Waals surface area (Å²) in [5, 5.41) is 0. The molecule has 0 saturated heterocycles. The molecule has 112 valence electrons. The monoisotopic (exact) mass is 279 g/mol. The standard InChI is InChI=1S/C16H25NO3/c1-5-7-14(11-10-13(4)20-12(2)3)15(18)8-6-9-16(17)19/h5,7,10-12H,6,8-9H2,1-4H3,(H2,17,19)/b7-5-,13-10+,14-11+. The summed E-state index contributed by atoms with van der Waals surface area (Å²) in [5.41, 5.74) is 5.65. The van der Waals surface area contributed by atoms with E-state index in [0.717, 1.165) is 5.76 Å². The molecule has 0 bridgehead atoms. The minimum Gasteiger partial charge on any atom is -0.496 e. The van der Waals surface area contributed by atoms with Gasteiger partial charge in [-0.1, -0.05) is 12.2 Å². The summed E-state index contributed by atoms with van der Waals surface area (Å²) in [4.78, 5) is 22.7. The Morgan fingerprint density at radius 2 is 1.85 bits per heavy atom. The van der Waals surface area contributed by atoms with Gasteiger partial charge in [0.1, 0.15) is 0 Å². The van der Waals surface area contributed by atoms with Crippen molar-refractivity contribution in [1.29, 1.82) is 0 Å². The fourth-order valence-corrected chi connectivity index (χ4v) is 1.61. The van der Waals surface area contributed by atoms with Crippen LogP contribution in [-0.2, 0) is 14.3 Å². The number of allylic oxidation sites excluding steroid dienone is 6. The van der Waals surface area contributed by atoms with Crippen molar-refractivity contribution < 1.29 is 14.3 Å². The molecule has 0 atom stereocenters. The number of carbonyl (C=O) groups is 2. The van der Waals surface area contributed by atoms with Crippen molar-refractivity contribution in [2.45, 2.75) is 53.1 Å². The molecule has 0 aromatic rings. The summed E-state index contributed by atoms with van der Waals surface area (Å²) in [6.45, 7) is 7.60. The number of carbonyl (C=O) groups excluding carboxylic acids is 2. The van der Waals surface area contributed by atoms with Gasteiger partial charge in [0.15, 0.2) is 5.78 Å². The lowest BCUT2D eigenvalue weighted by Crippen LogP contribution is -2.11. The average molecular weight is 279 g/mol. The quantitative estimate of drug-likeness (QED) is 0.400. The van der Waals surface area contributed by atoms with Gasteiger partial charge < -0.3 is 10.5 Å². The summed E-state index contributed by atoms with van der Waals surface area (Å²) in [6.07, 6.45) is 8.23. The van der Waals surface area contributed by atoms with E-state index >= 15 is 0 Å². The zero-order valence-electron chi connectivity index (χ0n) is 12.8. The molecule has 0 spiro atoms. The molecule has 0 heterocycles. The molecule has 0 aliphatic carbocycles. The first kappa shape index (κ1) is 18.2. The van der Waals surface area contributed by atoms with Gasteiger partial charge in [-0.2, -0.15) is 0 Å². The fraction of sp³-hybridized carbons (Fsp3) is 0.500. The predicted octanol–water partition coefficient (Wildman–Crippen LogP) is 3.04. The Labute approximate surface area is 121 Å². The number of nitrogens with two attached hydrogens (primary N) is 1. The van der Waals surface area contributed by atoms with Gasteiger partial charge in [-0.3, -0.25) is 9.59 Å². The largest absolute Gasteiger partial charge is 0.496 e. The predicted molar refractivity (Wildman–Crippen MR) is 80.9 cm³/mol. The molecular formula is C16H25NO3. The topological polar surface area (TPSA) is 69.4 Å². The van der Waals surface area contributed by atoms with E-state index in [4.69, 9.17) is 10.5 Å². The summed E-state index contributed by atoms with van der Waals surface area (Å²) in [6, 6.07) is 0. The number of amides is 1. The van der Waals surface area contributed by atoms with Crippen LogP contribution in [0.5, 0.6) is 0 Å². The highest BCUT2D eigenvalue weighted by Crippen LogP contribution is 2.09. The summed E-state index contributed by atoms with van der Waals surface area (Å²) in [5.74, 6) is 0.375. The van der Waals surface area contributed by atoms with Crippen molar-refractivity contribution in [3.05, 3.63) is 35.6 Å². The van der Waals surface area contributed by atoms with Crippen LogP contribution < -0.4 is 5.73 Å². The van der Waals surface area contributed by atoms with Crippen molar-refractivity contribution in [1.82, 2.24) is 0 Å². The number of hydrogen-bond acceptors (Lipinski definition) is 3. The van der Waals surface area contributed by atoms with Crippen LogP contribution >= 0.6 is 0 Å². The third-order valence-corrected chi connectivity index (χ3v) is 2.41. The molecule has 0 aliphatic rings. The highest BCUT2D eigenvalue weighted by Gasteiger charge is 2.07. The number of ether oxygens (including phenoxy) is 1. The maximum atomic E-state index is 12.0. The van der Waals surface area contributed by atoms with E-state index in [9.17, 15) is 9.59 Å². The first-order valence-corrected chi connectivity index (χ1v) is 6.86. The third-order valence-electron chi connectivity index (χ3n) is 2.41. The number of primary amides is 1. The van der Waals surface area contributed by atoms with Crippen LogP contribution in [0.1, 0.15) is 47.0 Å². The van der Waals surface area contributed by atoms with E-state index in [-0.39, 0.29) is 24.2 Å². The Morgan fingerprint density at radius 3 is 2.35 bits per heavy atom. The second kappa shape index (κ2) is 10.0. The SMILES string of the molecule is C\C=C/C(=C\C=C(/C)OC(C)C)C(=O)CCCC(N)=O. The second-order valence-corrected chi connectivity index (χ2v) is 4.81. The first-order chi connectivity index (χ1) is 9.36. The molecule has 4 nitrogen and oxygen atoms in total. The van der Waals surface area contributed by atoms with Gasteiger partial charge in [0, 0.05) is 18.4 Å². The zero-order valence-corrected chi connectivity index (χ0v) is 12.8. The molecule has 2 N–H and O–H groups in total. The van der Waals surface area contributed by atoms with Crippen molar-refractivity contribution in [2.75, 3.05) is 0 Å². The number of rotatable bonds is 9. The lowest BCUT2D eigenvalue weighted by molar-refractivity contribution is -0.118. The van der Waals surface area contributed by atoms with E-state index in [1.54, 1.807) is 18.2 Å². The van der Waals surface area contributed by atoms with Crippen LogP contribution in [0.15, 0.2) is 35.6 Å². The van der Waals surface area contributed by atoms with Gasteiger partial charge in [0.05, 0.1) is 11.9 Å².